The van der Waals surface area contributed by atoms with Crippen LogP contribution < -0.4 is 10.9 Å². The molecule has 2 amide bonds. The molecule has 2 N–H and O–H groups in total. The van der Waals surface area contributed by atoms with E-state index in [0.717, 1.165) is 36.8 Å². The summed E-state index contributed by atoms with van der Waals surface area (Å²) >= 11 is 0. The van der Waals surface area contributed by atoms with Gasteiger partial charge in [0.05, 0.1) is 30.2 Å². The summed E-state index contributed by atoms with van der Waals surface area (Å²) in [7, 11) is 0. The molecular weight excluding hydrogens is 509 g/mol. The molecule has 0 radical (unpaired) electrons. The van der Waals surface area contributed by atoms with E-state index in [2.05, 4.69) is 10.3 Å². The van der Waals surface area contributed by atoms with Crippen molar-refractivity contribution in [2.24, 2.45) is 5.41 Å². The third-order valence-corrected chi connectivity index (χ3v) is 9.21. The average molecular weight is 546 g/mol. The lowest BCUT2D eigenvalue weighted by molar-refractivity contribution is -0.137. The number of urea groups is 1. The maximum Gasteiger partial charge on any atom is 0.320 e. The number of carbonyl (C=O) groups excluding carboxylic acids is 1. The van der Waals surface area contributed by atoms with E-state index >= 15 is 0 Å². The fourth-order valence-corrected chi connectivity index (χ4v) is 6.98. The summed E-state index contributed by atoms with van der Waals surface area (Å²) in [6, 6.07) is 17.2. The molecule has 3 aliphatic rings. The third-order valence-electron chi connectivity index (χ3n) is 9.21. The van der Waals surface area contributed by atoms with Crippen LogP contribution in [0.5, 0.6) is 0 Å². The molecule has 0 bridgehead atoms. The van der Waals surface area contributed by atoms with Crippen molar-refractivity contribution >= 4 is 6.03 Å². The minimum atomic E-state index is -1.13. The maximum atomic E-state index is 14.0. The van der Waals surface area contributed by atoms with Crippen LogP contribution >= 0.6 is 0 Å². The Balaban J connectivity index is 1.23. The molecule has 2 aliphatic heterocycles. The number of nitrogens with one attached hydrogen (secondary N) is 1. The molecule has 1 spiro atoms. The van der Waals surface area contributed by atoms with Crippen LogP contribution in [0.1, 0.15) is 43.7 Å². The normalized spacial score (nSPS) is 24.4. The van der Waals surface area contributed by atoms with Gasteiger partial charge in [-0.05, 0) is 37.0 Å². The number of amides is 2. The van der Waals surface area contributed by atoms with Crippen molar-refractivity contribution in [3.8, 4) is 11.3 Å². The van der Waals surface area contributed by atoms with Gasteiger partial charge in [0.15, 0.2) is 0 Å². The number of hydrogen-bond acceptors (Lipinski definition) is 5. The van der Waals surface area contributed by atoms with Gasteiger partial charge < -0.3 is 20.2 Å². The quantitative estimate of drug-likeness (QED) is 0.521. The van der Waals surface area contributed by atoms with Gasteiger partial charge in [0, 0.05) is 49.8 Å². The van der Waals surface area contributed by atoms with Crippen LogP contribution in [0.4, 0.5) is 9.18 Å². The van der Waals surface area contributed by atoms with Gasteiger partial charge in [-0.1, -0.05) is 55.3 Å². The molecular formula is C31H36FN5O3. The molecule has 2 atom stereocenters. The van der Waals surface area contributed by atoms with Crippen LogP contribution in [0.25, 0.3) is 11.3 Å². The lowest BCUT2D eigenvalue weighted by Gasteiger charge is -2.53. The van der Waals surface area contributed by atoms with Gasteiger partial charge in [-0.25, -0.2) is 14.2 Å². The van der Waals surface area contributed by atoms with Crippen molar-refractivity contribution in [3.63, 3.8) is 0 Å². The van der Waals surface area contributed by atoms with Crippen LogP contribution in [0.2, 0.25) is 0 Å². The zero-order chi connectivity index (χ0) is 27.7. The van der Waals surface area contributed by atoms with E-state index in [4.69, 9.17) is 0 Å². The molecule has 1 saturated carbocycles. The lowest BCUT2D eigenvalue weighted by Crippen LogP contribution is -2.64. The summed E-state index contributed by atoms with van der Waals surface area (Å²) in [5.74, 6) is -0.315. The highest BCUT2D eigenvalue weighted by molar-refractivity contribution is 5.75. The van der Waals surface area contributed by atoms with Gasteiger partial charge in [-0.3, -0.25) is 9.36 Å². The molecule has 2 aromatic carbocycles. The fraction of sp³-hybridized carbons (Fsp3) is 0.452. The first-order valence-corrected chi connectivity index (χ1v) is 14.2. The summed E-state index contributed by atoms with van der Waals surface area (Å²) in [6.07, 6.45) is 5.46. The Hall–Kier alpha value is -3.56. The monoisotopic (exact) mass is 545 g/mol. The number of benzene rings is 2. The number of aliphatic hydroxyl groups is 1. The second-order valence-electron chi connectivity index (χ2n) is 11.5. The first-order valence-electron chi connectivity index (χ1n) is 14.2. The highest BCUT2D eigenvalue weighted by Crippen LogP contribution is 2.51. The molecule has 3 aromatic rings. The summed E-state index contributed by atoms with van der Waals surface area (Å²) in [4.78, 5) is 35.3. The Morgan fingerprint density at radius 1 is 1.05 bits per heavy atom. The van der Waals surface area contributed by atoms with Gasteiger partial charge in [-0.15, -0.1) is 0 Å². The van der Waals surface area contributed by atoms with Gasteiger partial charge in [-0.2, -0.15) is 0 Å². The Labute approximate surface area is 233 Å². The molecule has 3 heterocycles. The third kappa shape index (κ3) is 4.92. The van der Waals surface area contributed by atoms with Crippen molar-refractivity contribution in [1.82, 2.24) is 24.7 Å². The molecule has 6 rings (SSSR count). The molecule has 2 unspecified atom stereocenters. The van der Waals surface area contributed by atoms with Gasteiger partial charge >= 0.3 is 6.03 Å². The van der Waals surface area contributed by atoms with Crippen molar-refractivity contribution in [1.29, 1.82) is 0 Å². The van der Waals surface area contributed by atoms with Gasteiger partial charge in [0.2, 0.25) is 0 Å². The SMILES string of the molecule is O=C(N1CCC(O)(Cn2cnc(-c3ccccc3)cc2=O)C2(CCCC2)C1)N1CCNCC1c1cccc(F)c1. The molecule has 210 valence electrons. The fourth-order valence-electron chi connectivity index (χ4n) is 6.98. The summed E-state index contributed by atoms with van der Waals surface area (Å²) < 4.78 is 15.5. The minimum Gasteiger partial charge on any atom is -0.387 e. The zero-order valence-electron chi connectivity index (χ0n) is 22.6. The summed E-state index contributed by atoms with van der Waals surface area (Å²) in [5.41, 5.74) is 0.414. The molecule has 40 heavy (non-hydrogen) atoms. The standard InChI is InChI=1S/C31H36FN5O3/c32-25-10-6-9-24(17-25)27-19-33-14-16-37(27)29(39)35-15-13-31(40,30(20-35)11-4-5-12-30)21-36-22-34-26(18-28(36)38)23-7-2-1-3-8-23/h1-3,6-10,17-18,22,27,33,40H,4-5,11-16,19-21H2. The summed E-state index contributed by atoms with van der Waals surface area (Å²) in [6.45, 7) is 2.74. The number of hydrogen-bond donors (Lipinski definition) is 2. The second-order valence-corrected chi connectivity index (χ2v) is 11.5. The Kier molecular flexibility index (Phi) is 7.18. The smallest absolute Gasteiger partial charge is 0.320 e. The average Bonchev–Trinajstić information content (AvgIpc) is 3.46. The van der Waals surface area contributed by atoms with Crippen LogP contribution in [0.3, 0.4) is 0 Å². The Morgan fingerprint density at radius 3 is 2.60 bits per heavy atom. The molecule has 1 aromatic heterocycles. The van der Waals surface area contributed by atoms with E-state index < -0.39 is 11.0 Å². The van der Waals surface area contributed by atoms with Crippen LogP contribution in [0.15, 0.2) is 71.8 Å². The number of aromatic nitrogens is 2. The van der Waals surface area contributed by atoms with Crippen LogP contribution in [-0.4, -0.2) is 68.8 Å². The number of nitrogens with zero attached hydrogens (tertiary/aromatic N) is 4. The zero-order valence-corrected chi connectivity index (χ0v) is 22.6. The van der Waals surface area contributed by atoms with Gasteiger partial charge in [0.25, 0.3) is 5.56 Å². The highest BCUT2D eigenvalue weighted by Gasteiger charge is 2.56. The number of piperidine rings is 1. The number of rotatable bonds is 4. The second kappa shape index (κ2) is 10.8. The number of carbonyl (C=O) groups is 1. The van der Waals surface area contributed by atoms with E-state index in [0.29, 0.717) is 44.8 Å². The Bertz CT molecular complexity index is 1420. The molecule has 2 saturated heterocycles. The van der Waals surface area contributed by atoms with Crippen molar-refractivity contribution in [2.45, 2.75) is 50.3 Å². The first-order chi connectivity index (χ1) is 19.4. The van der Waals surface area contributed by atoms with E-state index in [1.165, 1.54) is 29.1 Å². The predicted octanol–water partition coefficient (Wildman–Crippen LogP) is 3.81. The highest BCUT2D eigenvalue weighted by atomic mass is 19.1. The van der Waals surface area contributed by atoms with E-state index in [9.17, 15) is 19.1 Å². The predicted molar refractivity (Wildman–Crippen MR) is 150 cm³/mol. The Morgan fingerprint density at radius 2 is 1.85 bits per heavy atom. The van der Waals surface area contributed by atoms with Crippen LogP contribution in [0, 0.1) is 11.2 Å². The van der Waals surface area contributed by atoms with Crippen LogP contribution in [-0.2, 0) is 6.54 Å². The molecule has 9 heteroatoms. The number of piperazine rings is 1. The number of halogens is 1. The molecule has 8 nitrogen and oxygen atoms in total. The largest absolute Gasteiger partial charge is 0.387 e. The van der Waals surface area contributed by atoms with Crippen molar-refractivity contribution in [3.05, 3.63) is 88.7 Å². The molecule has 1 aliphatic carbocycles. The maximum absolute atomic E-state index is 14.0. The van der Waals surface area contributed by atoms with E-state index in [1.54, 1.807) is 6.07 Å². The van der Waals surface area contributed by atoms with Crippen molar-refractivity contribution in [2.75, 3.05) is 32.7 Å². The minimum absolute atomic E-state index is 0.0740. The van der Waals surface area contributed by atoms with E-state index in [-0.39, 0.29) is 30.0 Å². The van der Waals surface area contributed by atoms with Gasteiger partial charge in [0.1, 0.15) is 5.82 Å². The van der Waals surface area contributed by atoms with Crippen molar-refractivity contribution < 1.29 is 14.3 Å². The van der Waals surface area contributed by atoms with E-state index in [1.807, 2.05) is 46.2 Å². The first kappa shape index (κ1) is 26.7. The molecule has 3 fully saturated rings. The summed E-state index contributed by atoms with van der Waals surface area (Å²) in [5, 5.41) is 15.5. The topological polar surface area (TPSA) is 90.7 Å². The number of likely N-dealkylation sites (tertiary alicyclic amines) is 1. The lowest BCUT2D eigenvalue weighted by atomic mass is 9.66.